The average Bonchev–Trinajstić information content (AvgIpc) is 3.20. The van der Waals surface area contributed by atoms with E-state index in [4.69, 9.17) is 0 Å². The number of carbonyl (C=O) groups excluding carboxylic acids is 3. The lowest BCUT2D eigenvalue weighted by molar-refractivity contribution is -0.131. The maximum Gasteiger partial charge on any atom is 0.325 e. The first-order valence-electron chi connectivity index (χ1n) is 9.79. The molecule has 9 nitrogen and oxygen atoms in total. The Morgan fingerprint density at radius 1 is 1.14 bits per heavy atom. The first-order valence-corrected chi connectivity index (χ1v) is 11.4. The Bertz CT molecular complexity index is 892. The highest BCUT2D eigenvalue weighted by molar-refractivity contribution is 7.92. The number of rotatable bonds is 8. The van der Waals surface area contributed by atoms with Crippen molar-refractivity contribution in [1.82, 2.24) is 10.2 Å². The summed E-state index contributed by atoms with van der Waals surface area (Å²) in [6, 6.07) is 5.86. The first kappa shape index (κ1) is 21.1. The van der Waals surface area contributed by atoms with Crippen molar-refractivity contribution in [3.63, 3.8) is 0 Å². The molecule has 10 heteroatoms. The Kier molecular flexibility index (Phi) is 6.11. The number of nitrogens with zero attached hydrogens (tertiary/aromatic N) is 1. The molecule has 0 radical (unpaired) electrons. The van der Waals surface area contributed by atoms with Gasteiger partial charge in [0.25, 0.3) is 5.91 Å². The third-order valence-corrected chi connectivity index (χ3v) is 6.67. The van der Waals surface area contributed by atoms with Crippen molar-refractivity contribution < 1.29 is 22.8 Å². The molecule has 0 aromatic heterocycles. The fourth-order valence-electron chi connectivity index (χ4n) is 3.75. The van der Waals surface area contributed by atoms with Gasteiger partial charge in [0.05, 0.1) is 5.75 Å². The summed E-state index contributed by atoms with van der Waals surface area (Å²) in [7, 11) is -3.37. The van der Waals surface area contributed by atoms with E-state index < -0.39 is 21.6 Å². The summed E-state index contributed by atoms with van der Waals surface area (Å²) in [6.07, 6.45) is 3.61. The highest BCUT2D eigenvalue weighted by Gasteiger charge is 2.52. The highest BCUT2D eigenvalue weighted by Crippen LogP contribution is 2.35. The van der Waals surface area contributed by atoms with E-state index in [-0.39, 0.29) is 30.5 Å². The fraction of sp³-hybridized carbons (Fsp3) is 0.526. The van der Waals surface area contributed by atoms with Crippen LogP contribution in [-0.2, 0) is 19.6 Å². The molecule has 1 heterocycles. The molecule has 1 saturated heterocycles. The molecule has 0 unspecified atom stereocenters. The Morgan fingerprint density at radius 2 is 1.76 bits per heavy atom. The summed E-state index contributed by atoms with van der Waals surface area (Å²) in [4.78, 5) is 38.0. The van der Waals surface area contributed by atoms with Crippen molar-refractivity contribution in [1.29, 1.82) is 0 Å². The number of hydrogen-bond donors (Lipinski definition) is 3. The molecule has 1 aliphatic carbocycles. The molecule has 29 heavy (non-hydrogen) atoms. The van der Waals surface area contributed by atoms with Crippen molar-refractivity contribution >= 4 is 39.2 Å². The molecule has 2 aliphatic rings. The smallest absolute Gasteiger partial charge is 0.325 e. The quantitative estimate of drug-likeness (QED) is 0.553. The molecule has 4 amide bonds. The minimum Gasteiger partial charge on any atom is -0.326 e. The standard InChI is InChI=1S/C19H26N4O5S/c1-2-13-29(27,28)22-15-7-5-14(6-8-15)20-16(24)9-12-23-17(25)19(21-18(23)26)10-3-4-11-19/h5-8,22H,2-4,9-13H2,1H3,(H,20,24)(H,21,26). The largest absolute Gasteiger partial charge is 0.326 e. The average molecular weight is 423 g/mol. The number of anilines is 2. The van der Waals surface area contributed by atoms with Crippen LogP contribution in [0.4, 0.5) is 16.2 Å². The summed E-state index contributed by atoms with van der Waals surface area (Å²) in [5.41, 5.74) is 0.143. The van der Waals surface area contributed by atoms with Gasteiger partial charge in [-0.2, -0.15) is 0 Å². The van der Waals surface area contributed by atoms with E-state index in [1.807, 2.05) is 0 Å². The zero-order valence-corrected chi connectivity index (χ0v) is 17.2. The molecule has 3 rings (SSSR count). The van der Waals surface area contributed by atoms with Crippen LogP contribution >= 0.6 is 0 Å². The number of benzene rings is 1. The number of carbonyl (C=O) groups is 3. The Labute approximate surface area is 170 Å². The summed E-state index contributed by atoms with van der Waals surface area (Å²) in [5.74, 6) is -0.538. The molecule has 1 spiro atoms. The topological polar surface area (TPSA) is 125 Å². The van der Waals surface area contributed by atoms with Crippen LogP contribution < -0.4 is 15.4 Å². The molecule has 1 saturated carbocycles. The molecule has 3 N–H and O–H groups in total. The highest BCUT2D eigenvalue weighted by atomic mass is 32.2. The predicted molar refractivity (Wildman–Crippen MR) is 109 cm³/mol. The Morgan fingerprint density at radius 3 is 2.38 bits per heavy atom. The minimum atomic E-state index is -3.37. The van der Waals surface area contributed by atoms with Crippen LogP contribution in [0, 0.1) is 0 Å². The SMILES string of the molecule is CCCS(=O)(=O)Nc1ccc(NC(=O)CCN2C(=O)NC3(CCCC3)C2=O)cc1. The summed E-state index contributed by atoms with van der Waals surface area (Å²) in [6.45, 7) is 1.80. The zero-order valence-electron chi connectivity index (χ0n) is 16.4. The van der Waals surface area contributed by atoms with Crippen molar-refractivity contribution in [2.75, 3.05) is 22.3 Å². The summed E-state index contributed by atoms with van der Waals surface area (Å²) < 4.78 is 26.0. The van der Waals surface area contributed by atoms with Crippen LogP contribution in [0.15, 0.2) is 24.3 Å². The van der Waals surface area contributed by atoms with Gasteiger partial charge in [-0.15, -0.1) is 0 Å². The number of hydrogen-bond acceptors (Lipinski definition) is 5. The molecule has 0 atom stereocenters. The van der Waals surface area contributed by atoms with Crippen LogP contribution in [0.1, 0.15) is 45.4 Å². The van der Waals surface area contributed by atoms with Gasteiger partial charge in [-0.3, -0.25) is 19.2 Å². The van der Waals surface area contributed by atoms with Crippen LogP contribution in [0.25, 0.3) is 0 Å². The van der Waals surface area contributed by atoms with E-state index in [0.717, 1.165) is 17.7 Å². The van der Waals surface area contributed by atoms with Crippen molar-refractivity contribution in [3.05, 3.63) is 24.3 Å². The van der Waals surface area contributed by atoms with Gasteiger partial charge in [0.15, 0.2) is 0 Å². The van der Waals surface area contributed by atoms with Crippen LogP contribution in [0.5, 0.6) is 0 Å². The van der Waals surface area contributed by atoms with E-state index in [0.29, 0.717) is 30.6 Å². The molecule has 0 bridgehead atoms. The van der Waals surface area contributed by atoms with E-state index in [1.165, 1.54) is 0 Å². The third-order valence-electron chi connectivity index (χ3n) is 5.18. The van der Waals surface area contributed by atoms with E-state index in [9.17, 15) is 22.8 Å². The van der Waals surface area contributed by atoms with Gasteiger partial charge in [0, 0.05) is 24.3 Å². The Balaban J connectivity index is 1.51. The lowest BCUT2D eigenvalue weighted by Gasteiger charge is -2.19. The molecule has 1 aliphatic heterocycles. The van der Waals surface area contributed by atoms with E-state index in [1.54, 1.807) is 31.2 Å². The second kappa shape index (κ2) is 8.40. The monoisotopic (exact) mass is 422 g/mol. The van der Waals surface area contributed by atoms with Crippen molar-refractivity contribution in [3.8, 4) is 0 Å². The van der Waals surface area contributed by atoms with Crippen LogP contribution in [-0.4, -0.2) is 49.0 Å². The summed E-state index contributed by atoms with van der Waals surface area (Å²) in [5, 5.41) is 5.47. The Hall–Kier alpha value is -2.62. The second-order valence-corrected chi connectivity index (χ2v) is 9.31. The van der Waals surface area contributed by atoms with Gasteiger partial charge >= 0.3 is 6.03 Å². The number of imide groups is 1. The minimum absolute atomic E-state index is 0.0138. The molecule has 1 aromatic carbocycles. The maximum atomic E-state index is 12.6. The maximum absolute atomic E-state index is 12.6. The van der Waals surface area contributed by atoms with Gasteiger partial charge in [-0.05, 0) is 43.5 Å². The lowest BCUT2D eigenvalue weighted by Crippen LogP contribution is -2.44. The van der Waals surface area contributed by atoms with Crippen molar-refractivity contribution in [2.24, 2.45) is 0 Å². The van der Waals surface area contributed by atoms with Gasteiger partial charge < -0.3 is 10.6 Å². The van der Waals surface area contributed by atoms with Gasteiger partial charge in [-0.25, -0.2) is 13.2 Å². The third kappa shape index (κ3) is 4.87. The number of urea groups is 1. The van der Waals surface area contributed by atoms with Gasteiger partial charge in [0.1, 0.15) is 5.54 Å². The fourth-order valence-corrected chi connectivity index (χ4v) is 4.89. The molecular weight excluding hydrogens is 396 g/mol. The molecule has 1 aromatic rings. The summed E-state index contributed by atoms with van der Waals surface area (Å²) >= 11 is 0. The number of nitrogens with one attached hydrogen (secondary N) is 3. The number of amides is 4. The van der Waals surface area contributed by atoms with E-state index >= 15 is 0 Å². The lowest BCUT2D eigenvalue weighted by atomic mass is 9.98. The van der Waals surface area contributed by atoms with Gasteiger partial charge in [0.2, 0.25) is 15.9 Å². The van der Waals surface area contributed by atoms with E-state index in [2.05, 4.69) is 15.4 Å². The first-order chi connectivity index (χ1) is 13.7. The second-order valence-electron chi connectivity index (χ2n) is 7.47. The van der Waals surface area contributed by atoms with Crippen LogP contribution in [0.3, 0.4) is 0 Å². The molecular formula is C19H26N4O5S. The van der Waals surface area contributed by atoms with Crippen LogP contribution in [0.2, 0.25) is 0 Å². The predicted octanol–water partition coefficient (Wildman–Crippen LogP) is 2.03. The van der Waals surface area contributed by atoms with Crippen molar-refractivity contribution in [2.45, 2.75) is 51.0 Å². The van der Waals surface area contributed by atoms with Gasteiger partial charge in [-0.1, -0.05) is 19.8 Å². The number of sulfonamides is 1. The normalized spacial score (nSPS) is 18.2. The molecule has 2 fully saturated rings. The zero-order chi connectivity index (χ0) is 21.1. The molecule has 158 valence electrons.